The first-order valence-corrected chi connectivity index (χ1v) is 10.7. The number of carbonyl (C=O) groups excluding carboxylic acids is 3. The lowest BCUT2D eigenvalue weighted by Gasteiger charge is -2.21. The highest BCUT2D eigenvalue weighted by molar-refractivity contribution is 5.95. The largest absolute Gasteiger partial charge is 0.480 e. The molecule has 0 spiro atoms. The van der Waals surface area contributed by atoms with Gasteiger partial charge < -0.3 is 26.4 Å². The summed E-state index contributed by atoms with van der Waals surface area (Å²) in [5, 5.41) is 19.6. The average molecular weight is 455 g/mol. The minimum absolute atomic E-state index is 0.105. The summed E-state index contributed by atoms with van der Waals surface area (Å²) in [5.74, 6) is -2.23. The van der Waals surface area contributed by atoms with Crippen molar-refractivity contribution in [1.29, 1.82) is 0 Å². The fourth-order valence-electron chi connectivity index (χ4n) is 3.14. The molecule has 0 aromatic heterocycles. The number of hydrogen-bond acceptors (Lipinski definition) is 4. The molecule has 33 heavy (non-hydrogen) atoms. The first-order valence-electron chi connectivity index (χ1n) is 10.7. The molecule has 2 aromatic rings. The van der Waals surface area contributed by atoms with Crippen LogP contribution in [-0.2, 0) is 20.8 Å². The summed E-state index contributed by atoms with van der Waals surface area (Å²) < 4.78 is 0. The molecule has 9 heteroatoms. The molecule has 176 valence electrons. The Kier molecular flexibility index (Phi) is 9.88. The summed E-state index contributed by atoms with van der Waals surface area (Å²) in [6.07, 6.45) is 0.481. The smallest absolute Gasteiger partial charge is 0.326 e. The van der Waals surface area contributed by atoms with Crippen molar-refractivity contribution in [3.8, 4) is 0 Å². The maximum atomic E-state index is 12.6. The zero-order chi connectivity index (χ0) is 24.2. The number of carboxylic acid groups (broad SMARTS) is 1. The van der Waals surface area contributed by atoms with E-state index < -0.39 is 42.4 Å². The van der Waals surface area contributed by atoms with Crippen LogP contribution in [-0.4, -0.2) is 47.5 Å². The van der Waals surface area contributed by atoms with Gasteiger partial charge in [0.25, 0.3) is 0 Å². The molecule has 5 N–H and O–H groups in total. The molecule has 0 unspecified atom stereocenters. The Morgan fingerprint density at radius 2 is 1.45 bits per heavy atom. The van der Waals surface area contributed by atoms with Crippen molar-refractivity contribution in [1.82, 2.24) is 16.0 Å². The van der Waals surface area contributed by atoms with Gasteiger partial charge in [-0.25, -0.2) is 9.59 Å². The standard InChI is InChI=1S/C24H30N4O5/c1-16(2)13-19(28-24(33)26-18-11-7-4-8-12-18)22(30)25-15-21(29)27-20(23(31)32)14-17-9-5-3-6-10-17/h3-12,16,19-20H,13-15H2,1-2H3,(H,25,30)(H,27,29)(H,31,32)(H2,26,28,33)/t19-,20-/m0/s1. The van der Waals surface area contributed by atoms with Crippen LogP contribution in [0.5, 0.6) is 0 Å². The van der Waals surface area contributed by atoms with Crippen molar-refractivity contribution in [2.75, 3.05) is 11.9 Å². The highest BCUT2D eigenvalue weighted by atomic mass is 16.4. The van der Waals surface area contributed by atoms with Crippen molar-refractivity contribution in [2.24, 2.45) is 5.92 Å². The lowest BCUT2D eigenvalue weighted by atomic mass is 10.0. The summed E-state index contributed by atoms with van der Waals surface area (Å²) in [6.45, 7) is 3.41. The van der Waals surface area contributed by atoms with Crippen LogP contribution in [0.25, 0.3) is 0 Å². The molecular weight excluding hydrogens is 424 g/mol. The molecule has 2 rings (SSSR count). The molecule has 0 saturated heterocycles. The van der Waals surface area contributed by atoms with Gasteiger partial charge in [0.1, 0.15) is 12.1 Å². The first-order chi connectivity index (χ1) is 15.7. The van der Waals surface area contributed by atoms with Crippen molar-refractivity contribution in [2.45, 2.75) is 38.8 Å². The first kappa shape index (κ1) is 25.4. The van der Waals surface area contributed by atoms with Crippen LogP contribution in [0.3, 0.4) is 0 Å². The number of urea groups is 1. The maximum absolute atomic E-state index is 12.6. The predicted octanol–water partition coefficient (Wildman–Crippen LogP) is 2.15. The van der Waals surface area contributed by atoms with E-state index in [9.17, 15) is 24.3 Å². The van der Waals surface area contributed by atoms with Gasteiger partial charge in [0.2, 0.25) is 11.8 Å². The molecule has 0 heterocycles. The Labute approximate surface area is 193 Å². The average Bonchev–Trinajstić information content (AvgIpc) is 2.77. The van der Waals surface area contributed by atoms with Crippen LogP contribution in [0.1, 0.15) is 25.8 Å². The second-order valence-corrected chi connectivity index (χ2v) is 8.01. The Morgan fingerprint density at radius 3 is 2.03 bits per heavy atom. The number of carboxylic acids is 1. The number of hydrogen-bond donors (Lipinski definition) is 5. The molecule has 0 saturated carbocycles. The van der Waals surface area contributed by atoms with Gasteiger partial charge in [-0.2, -0.15) is 0 Å². The molecular formula is C24H30N4O5. The van der Waals surface area contributed by atoms with Crippen LogP contribution in [0.2, 0.25) is 0 Å². The number of para-hydroxylation sites is 1. The fraction of sp³-hybridized carbons (Fsp3) is 0.333. The number of carbonyl (C=O) groups is 4. The Bertz CT molecular complexity index is 934. The molecule has 9 nitrogen and oxygen atoms in total. The molecule has 0 aliphatic carbocycles. The zero-order valence-electron chi connectivity index (χ0n) is 18.7. The van der Waals surface area contributed by atoms with E-state index in [-0.39, 0.29) is 12.3 Å². The van der Waals surface area contributed by atoms with Crippen molar-refractivity contribution < 1.29 is 24.3 Å². The van der Waals surface area contributed by atoms with E-state index in [1.807, 2.05) is 26.0 Å². The van der Waals surface area contributed by atoms with E-state index in [0.29, 0.717) is 12.1 Å². The Hall–Kier alpha value is -3.88. The molecule has 0 bridgehead atoms. The van der Waals surface area contributed by atoms with Crippen LogP contribution in [0, 0.1) is 5.92 Å². The molecule has 2 atom stereocenters. The van der Waals surface area contributed by atoms with E-state index in [2.05, 4.69) is 21.3 Å². The molecule has 2 aromatic carbocycles. The van der Waals surface area contributed by atoms with Gasteiger partial charge in [-0.1, -0.05) is 62.4 Å². The summed E-state index contributed by atoms with van der Waals surface area (Å²) in [5.41, 5.74) is 1.34. The highest BCUT2D eigenvalue weighted by Gasteiger charge is 2.24. The topological polar surface area (TPSA) is 137 Å². The van der Waals surface area contributed by atoms with Crippen molar-refractivity contribution in [3.05, 3.63) is 66.2 Å². The van der Waals surface area contributed by atoms with Crippen molar-refractivity contribution in [3.63, 3.8) is 0 Å². The van der Waals surface area contributed by atoms with Crippen LogP contribution < -0.4 is 21.3 Å². The third-order valence-corrected chi connectivity index (χ3v) is 4.70. The van der Waals surface area contributed by atoms with E-state index in [0.717, 1.165) is 5.56 Å². The normalized spacial score (nSPS) is 12.3. The highest BCUT2D eigenvalue weighted by Crippen LogP contribution is 2.08. The van der Waals surface area contributed by atoms with Crippen LogP contribution >= 0.6 is 0 Å². The molecule has 0 radical (unpaired) electrons. The summed E-state index contributed by atoms with van der Waals surface area (Å²) >= 11 is 0. The number of benzene rings is 2. The van der Waals surface area contributed by atoms with Crippen LogP contribution in [0.15, 0.2) is 60.7 Å². The number of anilines is 1. The SMILES string of the molecule is CC(C)C[C@H](NC(=O)Nc1ccccc1)C(=O)NCC(=O)N[C@@H](Cc1ccccc1)C(=O)O. The summed E-state index contributed by atoms with van der Waals surface area (Å²) in [6, 6.07) is 15.2. The van der Waals surface area contributed by atoms with Gasteiger partial charge in [0.05, 0.1) is 6.54 Å². The molecule has 4 amide bonds. The molecule has 0 aliphatic heterocycles. The fourth-order valence-corrected chi connectivity index (χ4v) is 3.14. The monoisotopic (exact) mass is 454 g/mol. The van der Waals surface area contributed by atoms with E-state index >= 15 is 0 Å². The van der Waals surface area contributed by atoms with Crippen LogP contribution in [0.4, 0.5) is 10.5 Å². The van der Waals surface area contributed by atoms with Crippen molar-refractivity contribution >= 4 is 29.5 Å². The quantitative estimate of drug-likeness (QED) is 0.354. The lowest BCUT2D eigenvalue weighted by Crippen LogP contribution is -2.52. The third-order valence-electron chi connectivity index (χ3n) is 4.70. The van der Waals surface area contributed by atoms with Gasteiger partial charge in [0.15, 0.2) is 0 Å². The minimum Gasteiger partial charge on any atom is -0.480 e. The third kappa shape index (κ3) is 9.42. The summed E-state index contributed by atoms with van der Waals surface area (Å²) in [4.78, 5) is 48.7. The Morgan fingerprint density at radius 1 is 0.848 bits per heavy atom. The molecule has 0 aliphatic rings. The van der Waals surface area contributed by atoms with E-state index in [1.54, 1.807) is 48.5 Å². The van der Waals surface area contributed by atoms with Gasteiger partial charge in [-0.15, -0.1) is 0 Å². The maximum Gasteiger partial charge on any atom is 0.326 e. The van der Waals surface area contributed by atoms with Gasteiger partial charge in [-0.3, -0.25) is 9.59 Å². The number of amides is 4. The second kappa shape index (κ2) is 12.8. The number of nitrogens with one attached hydrogen (secondary N) is 4. The van der Waals surface area contributed by atoms with Gasteiger partial charge in [0, 0.05) is 12.1 Å². The van der Waals surface area contributed by atoms with Gasteiger partial charge >= 0.3 is 12.0 Å². The summed E-state index contributed by atoms with van der Waals surface area (Å²) in [7, 11) is 0. The zero-order valence-corrected chi connectivity index (χ0v) is 18.7. The second-order valence-electron chi connectivity index (χ2n) is 8.01. The lowest BCUT2D eigenvalue weighted by molar-refractivity contribution is -0.141. The van der Waals surface area contributed by atoms with E-state index in [1.165, 1.54) is 0 Å². The minimum atomic E-state index is -1.17. The number of aliphatic carboxylic acids is 1. The predicted molar refractivity (Wildman–Crippen MR) is 125 cm³/mol. The molecule has 0 fully saturated rings. The van der Waals surface area contributed by atoms with E-state index in [4.69, 9.17) is 0 Å². The Balaban J connectivity index is 1.89. The van der Waals surface area contributed by atoms with Gasteiger partial charge in [-0.05, 0) is 30.0 Å². The number of rotatable bonds is 11.